The van der Waals surface area contributed by atoms with Gasteiger partial charge >= 0.3 is 5.97 Å². The molecule has 1 aliphatic heterocycles. The van der Waals surface area contributed by atoms with Crippen molar-refractivity contribution in [2.75, 3.05) is 33.9 Å². The lowest BCUT2D eigenvalue weighted by Crippen LogP contribution is -2.52. The summed E-state index contributed by atoms with van der Waals surface area (Å²) < 4.78 is 36.9. The molecule has 122 valence electrons. The summed E-state index contributed by atoms with van der Waals surface area (Å²) in [7, 11) is -1.05. The van der Waals surface area contributed by atoms with Crippen molar-refractivity contribution in [1.29, 1.82) is 0 Å². The highest BCUT2D eigenvalue weighted by atomic mass is 32.2. The van der Waals surface area contributed by atoms with E-state index in [2.05, 4.69) is 10.1 Å². The maximum absolute atomic E-state index is 12.8. The van der Waals surface area contributed by atoms with Gasteiger partial charge in [-0.1, -0.05) is 0 Å². The largest absolute Gasteiger partial charge is 0.495 e. The number of nitrogens with one attached hydrogen (secondary N) is 1. The highest BCUT2D eigenvalue weighted by Gasteiger charge is 2.33. The summed E-state index contributed by atoms with van der Waals surface area (Å²) in [6, 6.07) is 4.04. The van der Waals surface area contributed by atoms with Crippen LogP contribution in [-0.4, -0.2) is 58.6 Å². The molecule has 1 fully saturated rings. The molecular formula is C14H20N2O5S. The number of carbonyl (C=O) groups is 1. The van der Waals surface area contributed by atoms with E-state index in [1.807, 2.05) is 6.92 Å². The molecule has 0 aromatic heterocycles. The summed E-state index contributed by atoms with van der Waals surface area (Å²) in [6.45, 7) is 3.44. The topological polar surface area (TPSA) is 84.9 Å². The smallest absolute Gasteiger partial charge is 0.337 e. The van der Waals surface area contributed by atoms with Crippen molar-refractivity contribution in [2.24, 2.45) is 0 Å². The van der Waals surface area contributed by atoms with Crippen molar-refractivity contribution in [3.8, 4) is 5.75 Å². The Morgan fingerprint density at radius 1 is 1.36 bits per heavy atom. The Morgan fingerprint density at radius 3 is 2.68 bits per heavy atom. The monoisotopic (exact) mass is 328 g/mol. The second-order valence-corrected chi connectivity index (χ2v) is 6.89. The van der Waals surface area contributed by atoms with Gasteiger partial charge in [0.2, 0.25) is 10.0 Å². The van der Waals surface area contributed by atoms with Crippen LogP contribution < -0.4 is 10.1 Å². The Hall–Kier alpha value is -1.64. The van der Waals surface area contributed by atoms with Gasteiger partial charge in [-0.05, 0) is 25.1 Å². The Balaban J connectivity index is 2.44. The van der Waals surface area contributed by atoms with E-state index in [4.69, 9.17) is 4.74 Å². The number of benzene rings is 1. The number of nitrogens with zero attached hydrogens (tertiary/aromatic N) is 1. The number of carbonyl (C=O) groups excluding carboxylic acids is 1. The molecule has 22 heavy (non-hydrogen) atoms. The van der Waals surface area contributed by atoms with Crippen LogP contribution in [0.25, 0.3) is 0 Å². The van der Waals surface area contributed by atoms with E-state index in [0.29, 0.717) is 19.6 Å². The normalized spacial score (nSPS) is 19.7. The number of rotatable bonds is 4. The van der Waals surface area contributed by atoms with Gasteiger partial charge in [0.1, 0.15) is 10.6 Å². The summed E-state index contributed by atoms with van der Waals surface area (Å²) >= 11 is 0. The first kappa shape index (κ1) is 16.7. The van der Waals surface area contributed by atoms with Crippen molar-refractivity contribution in [3.05, 3.63) is 23.8 Å². The van der Waals surface area contributed by atoms with Gasteiger partial charge in [0.15, 0.2) is 0 Å². The number of hydrogen-bond donors (Lipinski definition) is 1. The number of piperazine rings is 1. The van der Waals surface area contributed by atoms with Crippen molar-refractivity contribution in [2.45, 2.75) is 17.9 Å². The van der Waals surface area contributed by atoms with Crippen LogP contribution in [0.15, 0.2) is 23.1 Å². The van der Waals surface area contributed by atoms with Crippen LogP contribution in [0.4, 0.5) is 0 Å². The van der Waals surface area contributed by atoms with Gasteiger partial charge < -0.3 is 14.8 Å². The van der Waals surface area contributed by atoms with Crippen LogP contribution >= 0.6 is 0 Å². The number of hydrogen-bond acceptors (Lipinski definition) is 6. The van der Waals surface area contributed by atoms with Crippen molar-refractivity contribution in [3.63, 3.8) is 0 Å². The van der Waals surface area contributed by atoms with E-state index in [9.17, 15) is 13.2 Å². The standard InChI is InChI=1S/C14H20N2O5S/c1-10-9-15-6-7-16(10)22(18,19)13-5-4-11(14(17)21-3)8-12(13)20-2/h4-5,8,10,15H,6-7,9H2,1-3H3. The zero-order chi connectivity index (χ0) is 16.3. The molecule has 1 aromatic carbocycles. The predicted octanol–water partition coefficient (Wildman–Crippen LogP) is 0.464. The van der Waals surface area contributed by atoms with Gasteiger partial charge in [0.05, 0.1) is 19.8 Å². The van der Waals surface area contributed by atoms with Crippen LogP contribution in [0.5, 0.6) is 5.75 Å². The molecule has 0 saturated carbocycles. The molecule has 0 radical (unpaired) electrons. The zero-order valence-electron chi connectivity index (χ0n) is 12.8. The molecule has 0 amide bonds. The third-order valence-corrected chi connectivity index (χ3v) is 5.66. The highest BCUT2D eigenvalue weighted by Crippen LogP contribution is 2.29. The summed E-state index contributed by atoms with van der Waals surface area (Å²) in [4.78, 5) is 11.6. The minimum Gasteiger partial charge on any atom is -0.495 e. The van der Waals surface area contributed by atoms with E-state index >= 15 is 0 Å². The quantitative estimate of drug-likeness (QED) is 0.809. The number of sulfonamides is 1. The average Bonchev–Trinajstić information content (AvgIpc) is 2.53. The fraction of sp³-hybridized carbons (Fsp3) is 0.500. The molecule has 1 aliphatic rings. The lowest BCUT2D eigenvalue weighted by Gasteiger charge is -2.33. The molecule has 0 spiro atoms. The fourth-order valence-corrected chi connectivity index (χ4v) is 4.20. The van der Waals surface area contributed by atoms with Crippen LogP contribution in [0.3, 0.4) is 0 Å². The van der Waals surface area contributed by atoms with E-state index < -0.39 is 16.0 Å². The van der Waals surface area contributed by atoms with Gasteiger partial charge in [0, 0.05) is 25.7 Å². The third-order valence-electron chi connectivity index (χ3n) is 3.61. The van der Waals surface area contributed by atoms with Crippen molar-refractivity contribution in [1.82, 2.24) is 9.62 Å². The molecule has 1 aromatic rings. The van der Waals surface area contributed by atoms with Gasteiger partial charge in [-0.3, -0.25) is 0 Å². The molecule has 0 bridgehead atoms. The minimum absolute atomic E-state index is 0.0522. The molecule has 1 heterocycles. The maximum Gasteiger partial charge on any atom is 0.337 e. The van der Waals surface area contributed by atoms with Gasteiger partial charge in [-0.15, -0.1) is 0 Å². The van der Waals surface area contributed by atoms with E-state index in [-0.39, 0.29) is 22.3 Å². The van der Waals surface area contributed by atoms with E-state index in [0.717, 1.165) is 0 Å². The van der Waals surface area contributed by atoms with E-state index in [1.165, 1.54) is 36.7 Å². The highest BCUT2D eigenvalue weighted by molar-refractivity contribution is 7.89. The maximum atomic E-state index is 12.8. The average molecular weight is 328 g/mol. The first-order chi connectivity index (χ1) is 10.4. The van der Waals surface area contributed by atoms with Gasteiger partial charge in [-0.25, -0.2) is 13.2 Å². The summed E-state index contributed by atoms with van der Waals surface area (Å²) in [5.74, 6) is -0.411. The van der Waals surface area contributed by atoms with Crippen LogP contribution in [-0.2, 0) is 14.8 Å². The van der Waals surface area contributed by atoms with Crippen molar-refractivity contribution < 1.29 is 22.7 Å². The predicted molar refractivity (Wildman–Crippen MR) is 80.6 cm³/mol. The zero-order valence-corrected chi connectivity index (χ0v) is 13.6. The fourth-order valence-electron chi connectivity index (χ4n) is 2.43. The van der Waals surface area contributed by atoms with Crippen LogP contribution in [0.2, 0.25) is 0 Å². The second-order valence-electron chi connectivity index (χ2n) is 5.03. The SMILES string of the molecule is COC(=O)c1ccc(S(=O)(=O)N2CCNCC2C)c(OC)c1. The Labute approximate surface area is 130 Å². The first-order valence-electron chi connectivity index (χ1n) is 6.90. The molecule has 1 atom stereocenters. The summed E-state index contributed by atoms with van der Waals surface area (Å²) in [6.07, 6.45) is 0. The van der Waals surface area contributed by atoms with Crippen LogP contribution in [0.1, 0.15) is 17.3 Å². The van der Waals surface area contributed by atoms with Gasteiger partial charge in [-0.2, -0.15) is 4.31 Å². The summed E-state index contributed by atoms with van der Waals surface area (Å²) in [5, 5.41) is 3.15. The first-order valence-corrected chi connectivity index (χ1v) is 8.34. The number of methoxy groups -OCH3 is 2. The summed E-state index contributed by atoms with van der Waals surface area (Å²) in [5.41, 5.74) is 0.242. The molecule has 2 rings (SSSR count). The Morgan fingerprint density at radius 2 is 2.09 bits per heavy atom. The molecule has 1 unspecified atom stereocenters. The van der Waals surface area contributed by atoms with Crippen molar-refractivity contribution >= 4 is 16.0 Å². The lowest BCUT2D eigenvalue weighted by molar-refractivity contribution is 0.0600. The lowest BCUT2D eigenvalue weighted by atomic mass is 10.2. The second kappa shape index (κ2) is 6.64. The van der Waals surface area contributed by atoms with E-state index in [1.54, 1.807) is 0 Å². The molecule has 0 aliphatic carbocycles. The Bertz CT molecular complexity index is 659. The molecular weight excluding hydrogens is 308 g/mol. The molecule has 1 N–H and O–H groups in total. The minimum atomic E-state index is -3.69. The van der Waals surface area contributed by atoms with Crippen LogP contribution in [0, 0.1) is 0 Å². The van der Waals surface area contributed by atoms with Gasteiger partial charge in [0.25, 0.3) is 0 Å². The molecule has 1 saturated heterocycles. The molecule has 8 heteroatoms. The number of esters is 1. The Kier molecular flexibility index (Phi) is 5.05. The third kappa shape index (κ3) is 3.08. The number of ether oxygens (including phenoxy) is 2. The molecule has 7 nitrogen and oxygen atoms in total.